The summed E-state index contributed by atoms with van der Waals surface area (Å²) < 4.78 is 4.94. The summed E-state index contributed by atoms with van der Waals surface area (Å²) in [6.07, 6.45) is 3.91. The molecule has 0 atom stereocenters. The second kappa shape index (κ2) is 5.31. The molecule has 5 heteroatoms. The Morgan fingerprint density at radius 3 is 2.46 bits per heavy atom. The molecule has 0 bridgehead atoms. The van der Waals surface area contributed by atoms with Crippen LogP contribution in [0.25, 0.3) is 0 Å². The van der Waals surface area contributed by atoms with Crippen LogP contribution < -0.4 is 11.4 Å². The molecule has 0 spiro atoms. The molecule has 0 aliphatic carbocycles. The maximum atomic E-state index is 10.2. The zero-order valence-corrected chi connectivity index (χ0v) is 7.32. The van der Waals surface area contributed by atoms with Gasteiger partial charge in [-0.05, 0) is 18.9 Å². The van der Waals surface area contributed by atoms with Gasteiger partial charge in [0.05, 0.1) is 0 Å². The van der Waals surface area contributed by atoms with E-state index in [4.69, 9.17) is 10.5 Å². The first-order chi connectivity index (χ1) is 6.29. The minimum Gasteiger partial charge on any atom is -0.385 e. The molecular formula is C8H13N3O2. The van der Waals surface area contributed by atoms with Crippen molar-refractivity contribution in [2.75, 3.05) is 18.9 Å². The summed E-state index contributed by atoms with van der Waals surface area (Å²) in [5.41, 5.74) is 4.75. The zero-order chi connectivity index (χ0) is 9.52. The smallest absolute Gasteiger partial charge is 0.346 e. The van der Waals surface area contributed by atoms with Crippen molar-refractivity contribution in [2.24, 2.45) is 0 Å². The first kappa shape index (κ1) is 9.73. The van der Waals surface area contributed by atoms with Crippen LogP contribution in [0.15, 0.2) is 17.1 Å². The summed E-state index contributed by atoms with van der Waals surface area (Å²) in [6.45, 7) is 2.00. The predicted molar refractivity (Wildman–Crippen MR) is 49.3 cm³/mol. The number of rotatable bonds is 0. The summed E-state index contributed by atoms with van der Waals surface area (Å²) in [5.74, 6) is 0.338. The Hall–Kier alpha value is -1.36. The molecule has 1 saturated heterocycles. The molecule has 0 radical (unpaired) electrons. The fourth-order valence-corrected chi connectivity index (χ4v) is 0.893. The van der Waals surface area contributed by atoms with Crippen LogP contribution in [0, 0.1) is 0 Å². The van der Waals surface area contributed by atoms with Crippen molar-refractivity contribution in [3.8, 4) is 0 Å². The van der Waals surface area contributed by atoms with Crippen LogP contribution >= 0.6 is 0 Å². The molecule has 2 rings (SSSR count). The van der Waals surface area contributed by atoms with Crippen molar-refractivity contribution >= 4 is 5.82 Å². The van der Waals surface area contributed by atoms with Crippen LogP contribution in [0.2, 0.25) is 0 Å². The highest BCUT2D eigenvalue weighted by Gasteiger charge is 1.94. The predicted octanol–water partition coefficient (Wildman–Crippen LogP) is 0.149. The van der Waals surface area contributed by atoms with E-state index in [9.17, 15) is 4.79 Å². The molecular weight excluding hydrogens is 170 g/mol. The number of anilines is 1. The minimum absolute atomic E-state index is 0.338. The third kappa shape index (κ3) is 4.27. The molecule has 1 aliphatic heterocycles. The maximum Gasteiger partial charge on any atom is 0.346 e. The van der Waals surface area contributed by atoms with E-state index in [0.717, 1.165) is 13.2 Å². The third-order valence-electron chi connectivity index (χ3n) is 1.52. The molecule has 1 aromatic heterocycles. The number of nitrogens with two attached hydrogens (primary N) is 1. The van der Waals surface area contributed by atoms with Gasteiger partial charge in [-0.2, -0.15) is 0 Å². The Kier molecular flexibility index (Phi) is 3.98. The normalized spacial score (nSPS) is 14.8. The molecule has 0 unspecified atom stereocenters. The SMILES string of the molecule is C1CCOC1.Nc1ccnc(=O)[nH]1. The quantitative estimate of drug-likeness (QED) is 0.599. The van der Waals surface area contributed by atoms with E-state index in [2.05, 4.69) is 9.97 Å². The molecule has 0 saturated carbocycles. The van der Waals surface area contributed by atoms with E-state index in [1.54, 1.807) is 0 Å². The Labute approximate surface area is 75.9 Å². The van der Waals surface area contributed by atoms with Gasteiger partial charge in [-0.25, -0.2) is 9.78 Å². The van der Waals surface area contributed by atoms with Gasteiger partial charge in [0.1, 0.15) is 5.82 Å². The number of H-pyrrole nitrogens is 1. The van der Waals surface area contributed by atoms with Crippen LogP contribution in [0.4, 0.5) is 5.82 Å². The lowest BCUT2D eigenvalue weighted by atomic mass is 10.4. The van der Waals surface area contributed by atoms with Gasteiger partial charge in [0.2, 0.25) is 0 Å². The monoisotopic (exact) mass is 183 g/mol. The van der Waals surface area contributed by atoms with E-state index in [1.165, 1.54) is 25.1 Å². The molecule has 1 fully saturated rings. The highest BCUT2D eigenvalue weighted by atomic mass is 16.5. The molecule has 3 N–H and O–H groups in total. The van der Waals surface area contributed by atoms with Crippen LogP contribution in [0.3, 0.4) is 0 Å². The Bertz CT molecular complexity index is 286. The molecule has 13 heavy (non-hydrogen) atoms. The lowest BCUT2D eigenvalue weighted by Gasteiger charge is -1.84. The maximum absolute atomic E-state index is 10.2. The lowest BCUT2D eigenvalue weighted by molar-refractivity contribution is 0.198. The molecule has 72 valence electrons. The van der Waals surface area contributed by atoms with Crippen LogP contribution in [0.5, 0.6) is 0 Å². The topological polar surface area (TPSA) is 81.0 Å². The van der Waals surface area contributed by atoms with Gasteiger partial charge < -0.3 is 10.5 Å². The number of hydrogen-bond donors (Lipinski definition) is 2. The standard InChI is InChI=1S/C4H5N3O.C4H8O/c5-3-1-2-6-4(8)7-3;1-2-4-5-3-1/h1-2H,(H3,5,6,7,8);1-4H2. The number of hydrogen-bond acceptors (Lipinski definition) is 4. The van der Waals surface area contributed by atoms with Crippen molar-refractivity contribution in [3.63, 3.8) is 0 Å². The fraction of sp³-hybridized carbons (Fsp3) is 0.500. The molecule has 1 aliphatic rings. The number of nitrogens with one attached hydrogen (secondary N) is 1. The zero-order valence-electron chi connectivity index (χ0n) is 7.32. The average molecular weight is 183 g/mol. The second-order valence-electron chi connectivity index (χ2n) is 2.65. The van der Waals surface area contributed by atoms with E-state index < -0.39 is 5.69 Å². The number of nitrogen functional groups attached to an aromatic ring is 1. The van der Waals surface area contributed by atoms with Crippen molar-refractivity contribution in [1.82, 2.24) is 9.97 Å². The van der Waals surface area contributed by atoms with E-state index >= 15 is 0 Å². The highest BCUT2D eigenvalue weighted by Crippen LogP contribution is 1.98. The molecule has 5 nitrogen and oxygen atoms in total. The Balaban J connectivity index is 0.000000145. The minimum atomic E-state index is -0.412. The van der Waals surface area contributed by atoms with Crippen molar-refractivity contribution in [1.29, 1.82) is 0 Å². The fourth-order valence-electron chi connectivity index (χ4n) is 0.893. The lowest BCUT2D eigenvalue weighted by Crippen LogP contribution is -2.10. The largest absolute Gasteiger partial charge is 0.385 e. The van der Waals surface area contributed by atoms with Crippen molar-refractivity contribution < 1.29 is 4.74 Å². The summed E-state index contributed by atoms with van der Waals surface area (Å²) in [6, 6.07) is 1.52. The summed E-state index contributed by atoms with van der Waals surface area (Å²) in [4.78, 5) is 15.9. The number of ether oxygens (including phenoxy) is 1. The van der Waals surface area contributed by atoms with Gasteiger partial charge in [0.25, 0.3) is 0 Å². The van der Waals surface area contributed by atoms with Gasteiger partial charge >= 0.3 is 5.69 Å². The van der Waals surface area contributed by atoms with Gasteiger partial charge in [0.15, 0.2) is 0 Å². The summed E-state index contributed by atoms with van der Waals surface area (Å²) in [5, 5.41) is 0. The van der Waals surface area contributed by atoms with E-state index in [-0.39, 0.29) is 0 Å². The van der Waals surface area contributed by atoms with Crippen LogP contribution in [-0.2, 0) is 4.74 Å². The molecule has 1 aromatic rings. The van der Waals surface area contributed by atoms with E-state index in [1.807, 2.05) is 0 Å². The average Bonchev–Trinajstić information content (AvgIpc) is 2.59. The number of nitrogens with zero attached hydrogens (tertiary/aromatic N) is 1. The van der Waals surface area contributed by atoms with Gasteiger partial charge in [0, 0.05) is 19.4 Å². The molecule has 0 amide bonds. The van der Waals surface area contributed by atoms with Gasteiger partial charge in [-0.3, -0.25) is 4.98 Å². The highest BCUT2D eigenvalue weighted by molar-refractivity contribution is 5.22. The van der Waals surface area contributed by atoms with Gasteiger partial charge in [-0.1, -0.05) is 0 Å². The Morgan fingerprint density at radius 2 is 2.15 bits per heavy atom. The van der Waals surface area contributed by atoms with Crippen molar-refractivity contribution in [2.45, 2.75) is 12.8 Å². The molecule has 0 aromatic carbocycles. The van der Waals surface area contributed by atoms with Crippen LogP contribution in [-0.4, -0.2) is 23.2 Å². The van der Waals surface area contributed by atoms with E-state index in [0.29, 0.717) is 5.82 Å². The van der Waals surface area contributed by atoms with Crippen molar-refractivity contribution in [3.05, 3.63) is 22.7 Å². The Morgan fingerprint density at radius 1 is 1.46 bits per heavy atom. The summed E-state index contributed by atoms with van der Waals surface area (Å²) in [7, 11) is 0. The molecule has 2 heterocycles. The first-order valence-corrected chi connectivity index (χ1v) is 4.17. The second-order valence-corrected chi connectivity index (χ2v) is 2.65. The van der Waals surface area contributed by atoms with Crippen LogP contribution in [0.1, 0.15) is 12.8 Å². The third-order valence-corrected chi connectivity index (χ3v) is 1.52. The first-order valence-electron chi connectivity index (χ1n) is 4.17. The summed E-state index contributed by atoms with van der Waals surface area (Å²) >= 11 is 0. The number of aromatic amines is 1. The number of aromatic nitrogens is 2. The van der Waals surface area contributed by atoms with Gasteiger partial charge in [-0.15, -0.1) is 0 Å².